The van der Waals surface area contributed by atoms with Gasteiger partial charge < -0.3 is 9.73 Å². The Hall–Kier alpha value is -0.850. The van der Waals surface area contributed by atoms with E-state index in [-0.39, 0.29) is 11.5 Å². The molecule has 0 bridgehead atoms. The third-order valence-electron chi connectivity index (χ3n) is 3.41. The minimum absolute atomic E-state index is 0.260. The van der Waals surface area contributed by atoms with E-state index in [1.54, 1.807) is 6.26 Å². The van der Waals surface area contributed by atoms with Crippen molar-refractivity contribution in [2.45, 2.75) is 26.9 Å². The molecule has 1 aromatic heterocycles. The summed E-state index contributed by atoms with van der Waals surface area (Å²) in [5, 5.41) is 3.38. The quantitative estimate of drug-likeness (QED) is 0.857. The van der Waals surface area contributed by atoms with E-state index in [1.165, 1.54) is 0 Å². The molecule has 2 heterocycles. The molecule has 6 heteroatoms. The van der Waals surface area contributed by atoms with Gasteiger partial charge in [0.15, 0.2) is 9.84 Å². The Balaban J connectivity index is 1.78. The number of sulfone groups is 1. The largest absolute Gasteiger partial charge is 0.468 e. The van der Waals surface area contributed by atoms with Gasteiger partial charge in [-0.05, 0) is 18.5 Å². The second-order valence-corrected chi connectivity index (χ2v) is 8.18. The molecule has 0 radical (unpaired) electrons. The Morgan fingerprint density at radius 1 is 1.35 bits per heavy atom. The van der Waals surface area contributed by atoms with E-state index >= 15 is 0 Å². The molecule has 1 aliphatic heterocycles. The maximum atomic E-state index is 11.4. The summed E-state index contributed by atoms with van der Waals surface area (Å²) in [5.41, 5.74) is 1.14. The van der Waals surface area contributed by atoms with Crippen LogP contribution in [0.4, 0.5) is 0 Å². The Morgan fingerprint density at radius 2 is 2.05 bits per heavy atom. The molecule has 1 aliphatic rings. The first-order valence-corrected chi connectivity index (χ1v) is 8.96. The molecule has 0 aliphatic carbocycles. The molecule has 0 amide bonds. The fourth-order valence-electron chi connectivity index (χ4n) is 2.24. The second kappa shape index (κ2) is 6.74. The summed E-state index contributed by atoms with van der Waals surface area (Å²) in [6, 6.07) is 2.05. The van der Waals surface area contributed by atoms with Crippen LogP contribution in [0.5, 0.6) is 0 Å². The second-order valence-electron chi connectivity index (χ2n) is 5.87. The van der Waals surface area contributed by atoms with Crippen molar-refractivity contribution in [1.29, 1.82) is 0 Å². The van der Waals surface area contributed by atoms with Crippen molar-refractivity contribution in [1.82, 2.24) is 10.2 Å². The van der Waals surface area contributed by atoms with E-state index in [9.17, 15) is 8.42 Å². The molecule has 1 saturated heterocycles. The highest BCUT2D eigenvalue weighted by Crippen LogP contribution is 2.13. The topological polar surface area (TPSA) is 62.6 Å². The molecule has 20 heavy (non-hydrogen) atoms. The van der Waals surface area contributed by atoms with E-state index in [0.29, 0.717) is 25.6 Å². The van der Waals surface area contributed by atoms with Gasteiger partial charge in [0.1, 0.15) is 5.76 Å². The van der Waals surface area contributed by atoms with Crippen LogP contribution < -0.4 is 5.32 Å². The fraction of sp³-hybridized carbons (Fsp3) is 0.714. The first-order valence-electron chi connectivity index (χ1n) is 7.14. The zero-order valence-electron chi connectivity index (χ0n) is 12.3. The van der Waals surface area contributed by atoms with Gasteiger partial charge >= 0.3 is 0 Å². The molecule has 0 atom stereocenters. The number of nitrogens with one attached hydrogen (secondary N) is 1. The summed E-state index contributed by atoms with van der Waals surface area (Å²) in [6.07, 6.45) is 1.78. The van der Waals surface area contributed by atoms with Crippen molar-refractivity contribution in [2.24, 2.45) is 5.92 Å². The van der Waals surface area contributed by atoms with Crippen LogP contribution >= 0.6 is 0 Å². The predicted octanol–water partition coefficient (Wildman–Crippen LogP) is 1.26. The molecular formula is C14H24N2O3S. The molecular weight excluding hydrogens is 276 g/mol. The van der Waals surface area contributed by atoms with Gasteiger partial charge in [0.25, 0.3) is 0 Å². The van der Waals surface area contributed by atoms with Gasteiger partial charge in [-0.3, -0.25) is 4.90 Å². The van der Waals surface area contributed by atoms with Gasteiger partial charge in [0.05, 0.1) is 24.3 Å². The van der Waals surface area contributed by atoms with Crippen LogP contribution in [0.1, 0.15) is 25.2 Å². The Bertz CT molecular complexity index is 508. The lowest BCUT2D eigenvalue weighted by Gasteiger charge is -2.25. The molecule has 114 valence electrons. The van der Waals surface area contributed by atoms with Crippen LogP contribution in [-0.2, 0) is 22.9 Å². The number of hydrogen-bond donors (Lipinski definition) is 1. The molecule has 0 saturated carbocycles. The standard InChI is InChI=1S/C14H24N2O3S/c1-12(2)8-15-9-13-7-14(19-11-13)10-16-3-5-20(17,18)6-4-16/h7,11-12,15H,3-6,8-10H2,1-2H3. The number of rotatable bonds is 6. The van der Waals surface area contributed by atoms with Crippen molar-refractivity contribution in [3.8, 4) is 0 Å². The summed E-state index contributed by atoms with van der Waals surface area (Å²) in [4.78, 5) is 2.13. The summed E-state index contributed by atoms with van der Waals surface area (Å²) >= 11 is 0. The maximum Gasteiger partial charge on any atom is 0.152 e. The Kier molecular flexibility index (Phi) is 5.23. The van der Waals surface area contributed by atoms with Gasteiger partial charge in [-0.1, -0.05) is 13.8 Å². The van der Waals surface area contributed by atoms with Crippen molar-refractivity contribution < 1.29 is 12.8 Å². The first kappa shape index (κ1) is 15.5. The minimum atomic E-state index is -2.81. The summed E-state index contributed by atoms with van der Waals surface area (Å²) in [6.45, 7) is 8.06. The van der Waals surface area contributed by atoms with Gasteiger partial charge in [-0.2, -0.15) is 0 Å². The van der Waals surface area contributed by atoms with E-state index in [4.69, 9.17) is 4.42 Å². The minimum Gasteiger partial charge on any atom is -0.468 e. The SMILES string of the molecule is CC(C)CNCc1coc(CN2CCS(=O)(=O)CC2)c1. The maximum absolute atomic E-state index is 11.4. The summed E-state index contributed by atoms with van der Waals surface area (Å²) < 4.78 is 28.3. The first-order chi connectivity index (χ1) is 9.44. The van der Waals surface area contributed by atoms with Gasteiger partial charge in [0.2, 0.25) is 0 Å². The zero-order valence-corrected chi connectivity index (χ0v) is 13.1. The van der Waals surface area contributed by atoms with E-state index in [0.717, 1.165) is 24.4 Å². The van der Waals surface area contributed by atoms with Crippen LogP contribution in [0.25, 0.3) is 0 Å². The molecule has 2 rings (SSSR count). The number of hydrogen-bond acceptors (Lipinski definition) is 5. The molecule has 5 nitrogen and oxygen atoms in total. The average molecular weight is 300 g/mol. The molecule has 0 spiro atoms. The Morgan fingerprint density at radius 3 is 2.70 bits per heavy atom. The fourth-order valence-corrected chi connectivity index (χ4v) is 3.51. The lowest BCUT2D eigenvalue weighted by Crippen LogP contribution is -2.39. The molecule has 1 fully saturated rings. The molecule has 0 aromatic carbocycles. The molecule has 1 aromatic rings. The highest BCUT2D eigenvalue weighted by Gasteiger charge is 2.22. The highest BCUT2D eigenvalue weighted by molar-refractivity contribution is 7.91. The smallest absolute Gasteiger partial charge is 0.152 e. The lowest BCUT2D eigenvalue weighted by atomic mass is 10.2. The van der Waals surface area contributed by atoms with Crippen molar-refractivity contribution in [2.75, 3.05) is 31.1 Å². The summed E-state index contributed by atoms with van der Waals surface area (Å²) in [5.74, 6) is 2.06. The van der Waals surface area contributed by atoms with Crippen LogP contribution in [0.15, 0.2) is 16.7 Å². The normalized spacial score (nSPS) is 19.6. The number of nitrogens with zero attached hydrogens (tertiary/aromatic N) is 1. The monoisotopic (exact) mass is 300 g/mol. The van der Waals surface area contributed by atoms with Crippen LogP contribution in [0, 0.1) is 5.92 Å². The van der Waals surface area contributed by atoms with Crippen LogP contribution in [-0.4, -0.2) is 44.5 Å². The van der Waals surface area contributed by atoms with Gasteiger partial charge in [0, 0.05) is 25.2 Å². The van der Waals surface area contributed by atoms with E-state index < -0.39 is 9.84 Å². The number of furan rings is 1. The van der Waals surface area contributed by atoms with Gasteiger partial charge in [-0.25, -0.2) is 8.42 Å². The van der Waals surface area contributed by atoms with E-state index in [1.807, 2.05) is 0 Å². The zero-order chi connectivity index (χ0) is 14.6. The van der Waals surface area contributed by atoms with Crippen LogP contribution in [0.3, 0.4) is 0 Å². The van der Waals surface area contributed by atoms with E-state index in [2.05, 4.69) is 30.1 Å². The Labute approximate surface area is 121 Å². The average Bonchev–Trinajstić information content (AvgIpc) is 2.79. The van der Waals surface area contributed by atoms with Gasteiger partial charge in [-0.15, -0.1) is 0 Å². The highest BCUT2D eigenvalue weighted by atomic mass is 32.2. The molecule has 0 unspecified atom stereocenters. The van der Waals surface area contributed by atoms with Crippen LogP contribution in [0.2, 0.25) is 0 Å². The van der Waals surface area contributed by atoms with Crippen molar-refractivity contribution >= 4 is 9.84 Å². The predicted molar refractivity (Wildman–Crippen MR) is 79.2 cm³/mol. The third-order valence-corrected chi connectivity index (χ3v) is 5.02. The van der Waals surface area contributed by atoms with Crippen molar-refractivity contribution in [3.05, 3.63) is 23.7 Å². The van der Waals surface area contributed by atoms with Crippen molar-refractivity contribution in [3.63, 3.8) is 0 Å². The third kappa shape index (κ3) is 4.92. The summed E-state index contributed by atoms with van der Waals surface area (Å²) in [7, 11) is -2.81. The molecule has 1 N–H and O–H groups in total. The lowest BCUT2D eigenvalue weighted by molar-refractivity contribution is 0.262.